The number of carbonyl (C=O) groups excluding carboxylic acids is 1. The molecular formula is C22H28N2O5S. The highest BCUT2D eigenvalue weighted by molar-refractivity contribution is 8.11. The van der Waals surface area contributed by atoms with Crippen molar-refractivity contribution < 1.29 is 23.6 Å². The molecule has 1 aliphatic heterocycles. The monoisotopic (exact) mass is 432 g/mol. The fourth-order valence-electron chi connectivity index (χ4n) is 3.36. The fourth-order valence-corrected chi connectivity index (χ4v) is 4.54. The molecule has 2 aromatic carbocycles. The van der Waals surface area contributed by atoms with E-state index in [1.54, 1.807) is 11.0 Å². The molecule has 1 atom stereocenters. The van der Waals surface area contributed by atoms with E-state index in [2.05, 4.69) is 6.92 Å². The summed E-state index contributed by atoms with van der Waals surface area (Å²) in [6.45, 7) is 6.24. The van der Waals surface area contributed by atoms with E-state index in [-0.39, 0.29) is 17.5 Å². The second-order valence-corrected chi connectivity index (χ2v) is 8.41. The van der Waals surface area contributed by atoms with Gasteiger partial charge in [-0.15, -0.1) is 0 Å². The summed E-state index contributed by atoms with van der Waals surface area (Å²) in [5, 5.41) is 12.1. The number of aromatic hydroxyl groups is 1. The van der Waals surface area contributed by atoms with Gasteiger partial charge in [-0.1, -0.05) is 6.92 Å². The number of hydrogen-bond acceptors (Lipinski definition) is 5. The lowest BCUT2D eigenvalue weighted by molar-refractivity contribution is 0.220. The molecule has 2 amide bonds. The predicted octanol–water partition coefficient (Wildman–Crippen LogP) is 4.51. The zero-order valence-corrected chi connectivity index (χ0v) is 18.6. The van der Waals surface area contributed by atoms with Crippen LogP contribution in [0.25, 0.3) is 0 Å². The predicted molar refractivity (Wildman–Crippen MR) is 120 cm³/mol. The molecule has 1 aliphatic rings. The summed E-state index contributed by atoms with van der Waals surface area (Å²) in [7, 11) is 2.33. The maximum absolute atomic E-state index is 12.5. The fraction of sp³-hybridized carbons (Fsp3) is 0.364. The molecule has 0 bridgehead atoms. The molecule has 2 aromatic rings. The van der Waals surface area contributed by atoms with E-state index in [1.807, 2.05) is 41.5 Å². The average Bonchev–Trinajstić information content (AvgIpc) is 3.12. The van der Waals surface area contributed by atoms with Crippen LogP contribution in [0, 0.1) is 0 Å². The van der Waals surface area contributed by atoms with Gasteiger partial charge in [0.1, 0.15) is 5.75 Å². The van der Waals surface area contributed by atoms with Crippen LogP contribution in [-0.2, 0) is 0 Å². The van der Waals surface area contributed by atoms with Gasteiger partial charge in [-0.05, 0) is 43.0 Å². The van der Waals surface area contributed by atoms with Gasteiger partial charge < -0.3 is 23.7 Å². The lowest BCUT2D eigenvalue weighted by atomic mass is 10.3. The number of phenols is 1. The van der Waals surface area contributed by atoms with Crippen LogP contribution in [0.3, 0.4) is 0 Å². The largest absolute Gasteiger partial charge is 0.504 e. The summed E-state index contributed by atoms with van der Waals surface area (Å²) in [5.41, 5.74) is 0.880. The molecule has 0 radical (unpaired) electrons. The Balaban J connectivity index is 1.77. The zero-order chi connectivity index (χ0) is 21.7. The van der Waals surface area contributed by atoms with Crippen LogP contribution < -0.4 is 18.6 Å². The highest BCUT2D eigenvalue weighted by Gasteiger charge is 2.28. The molecule has 30 heavy (non-hydrogen) atoms. The van der Waals surface area contributed by atoms with Crippen molar-refractivity contribution in [2.75, 3.05) is 38.8 Å². The number of nitrogens with zero attached hydrogens (tertiary/aromatic N) is 2. The van der Waals surface area contributed by atoms with Crippen molar-refractivity contribution in [1.29, 1.82) is 0 Å². The van der Waals surface area contributed by atoms with Gasteiger partial charge in [-0.25, -0.2) is 4.79 Å². The van der Waals surface area contributed by atoms with Gasteiger partial charge in [0, 0.05) is 53.1 Å². The lowest BCUT2D eigenvalue weighted by Gasteiger charge is -2.19. The Morgan fingerprint density at radius 2 is 1.87 bits per heavy atom. The van der Waals surface area contributed by atoms with E-state index in [0.717, 1.165) is 30.1 Å². The van der Waals surface area contributed by atoms with Crippen molar-refractivity contribution in [2.45, 2.75) is 25.2 Å². The van der Waals surface area contributed by atoms with E-state index in [9.17, 15) is 9.90 Å². The minimum Gasteiger partial charge on any atom is -0.504 e. The normalized spacial score (nSPS) is 14.9. The van der Waals surface area contributed by atoms with Gasteiger partial charge in [0.25, 0.3) is 0 Å². The maximum atomic E-state index is 12.5. The molecule has 0 aliphatic carbocycles. The molecule has 3 rings (SSSR count). The molecule has 162 valence electrons. The summed E-state index contributed by atoms with van der Waals surface area (Å²) < 4.78 is 16.5. The van der Waals surface area contributed by atoms with E-state index in [4.69, 9.17) is 13.7 Å². The highest BCUT2D eigenvalue weighted by Crippen LogP contribution is 2.42. The smallest absolute Gasteiger partial charge is 0.324 e. The summed E-state index contributed by atoms with van der Waals surface area (Å²) in [6, 6.07) is 11.1. The van der Waals surface area contributed by atoms with Crippen molar-refractivity contribution in [3.63, 3.8) is 0 Å². The van der Waals surface area contributed by atoms with Crippen molar-refractivity contribution >= 4 is 27.9 Å². The summed E-state index contributed by atoms with van der Waals surface area (Å²) in [6.07, 6.45) is 0.955. The van der Waals surface area contributed by atoms with Crippen LogP contribution in [0.2, 0.25) is 0 Å². The Hall–Kier alpha value is -2.87. The van der Waals surface area contributed by atoms with Gasteiger partial charge in [0.05, 0.1) is 14.2 Å². The number of methoxy groups -OCH3 is 2. The molecule has 1 saturated heterocycles. The molecule has 1 N–H and O–H groups in total. The van der Waals surface area contributed by atoms with Crippen LogP contribution in [0.1, 0.15) is 20.3 Å². The Morgan fingerprint density at radius 3 is 2.47 bits per heavy atom. The third kappa shape index (κ3) is 4.48. The Bertz CT molecular complexity index is 930. The number of ether oxygens (including phenoxy) is 2. The minimum atomic E-state index is -0.648. The maximum Gasteiger partial charge on any atom is 0.324 e. The summed E-state index contributed by atoms with van der Waals surface area (Å²) in [5.74, 6) is 1.08. The molecule has 1 heterocycles. The number of carbonyl (C=O) groups is 1. The quantitative estimate of drug-likeness (QED) is 0.622. The molecule has 0 saturated carbocycles. The van der Waals surface area contributed by atoms with Crippen LogP contribution in [0.15, 0.2) is 41.3 Å². The summed E-state index contributed by atoms with van der Waals surface area (Å²) >= 11 is 0. The highest BCUT2D eigenvalue weighted by atomic mass is 32.2. The van der Waals surface area contributed by atoms with Crippen LogP contribution in [0.4, 0.5) is 10.5 Å². The van der Waals surface area contributed by atoms with Crippen molar-refractivity contribution in [2.24, 2.45) is 0 Å². The first-order valence-electron chi connectivity index (χ1n) is 9.84. The topological polar surface area (TPSA) is 71.5 Å². The number of anilines is 1. The standard InChI is InChI=1S/C22H28N2O5S/c1-5-11-23-12-13-24(22(23)26)16-7-9-18(10-8-16)30(6-2)29-17-14-19(25)21(28-4)20(15-17)27-3/h6-10,14-15,25H,5,11-13H2,1-4H3. The third-order valence-electron chi connectivity index (χ3n) is 4.80. The van der Waals surface area contributed by atoms with Crippen molar-refractivity contribution in [3.8, 4) is 23.0 Å². The molecule has 0 spiro atoms. The molecular weight excluding hydrogens is 404 g/mol. The number of rotatable bonds is 8. The second kappa shape index (κ2) is 9.75. The van der Waals surface area contributed by atoms with Crippen LogP contribution in [0.5, 0.6) is 23.0 Å². The molecule has 1 fully saturated rings. The molecule has 8 heteroatoms. The van der Waals surface area contributed by atoms with Crippen LogP contribution >= 0.6 is 10.8 Å². The zero-order valence-electron chi connectivity index (χ0n) is 17.8. The van der Waals surface area contributed by atoms with E-state index in [1.165, 1.54) is 20.3 Å². The molecule has 0 aromatic heterocycles. The average molecular weight is 433 g/mol. The first-order chi connectivity index (χ1) is 14.5. The van der Waals surface area contributed by atoms with E-state index < -0.39 is 10.8 Å². The molecule has 7 nitrogen and oxygen atoms in total. The van der Waals surface area contributed by atoms with E-state index >= 15 is 0 Å². The lowest BCUT2D eigenvalue weighted by Crippen LogP contribution is -2.32. The minimum absolute atomic E-state index is 0.0500. The Kier molecular flexibility index (Phi) is 7.10. The number of hydrogen-bond donors (Lipinski definition) is 1. The van der Waals surface area contributed by atoms with Crippen molar-refractivity contribution in [3.05, 3.63) is 36.4 Å². The summed E-state index contributed by atoms with van der Waals surface area (Å²) in [4.78, 5) is 17.2. The van der Waals surface area contributed by atoms with Gasteiger partial charge in [0.15, 0.2) is 11.5 Å². The number of benzene rings is 2. The number of phenolic OH excluding ortho intramolecular Hbond substituents is 1. The number of amides is 2. The van der Waals surface area contributed by atoms with Gasteiger partial charge in [-0.3, -0.25) is 4.90 Å². The first-order valence-corrected chi connectivity index (χ1v) is 11.1. The van der Waals surface area contributed by atoms with Gasteiger partial charge in [0.2, 0.25) is 5.75 Å². The Morgan fingerprint density at radius 1 is 1.13 bits per heavy atom. The van der Waals surface area contributed by atoms with Gasteiger partial charge >= 0.3 is 6.03 Å². The number of urea groups is 1. The van der Waals surface area contributed by atoms with Crippen LogP contribution in [-0.4, -0.2) is 55.3 Å². The van der Waals surface area contributed by atoms with Gasteiger partial charge in [-0.2, -0.15) is 0 Å². The first kappa shape index (κ1) is 21.8. The SMILES string of the molecule is CC=S(Oc1cc(O)c(OC)c(OC)c1)c1ccc(N2CCN(CCC)C2=O)cc1. The third-order valence-corrected chi connectivity index (χ3v) is 6.34. The van der Waals surface area contributed by atoms with E-state index in [0.29, 0.717) is 18.0 Å². The second-order valence-electron chi connectivity index (χ2n) is 6.71. The molecule has 1 unspecified atom stereocenters. The Labute approximate surface area is 179 Å². The van der Waals surface area contributed by atoms with Crippen molar-refractivity contribution in [1.82, 2.24) is 4.90 Å².